The Bertz CT molecular complexity index is 602. The number of nitrogens with one attached hydrogen (secondary N) is 1. The van der Waals surface area contributed by atoms with Crippen LogP contribution in [0.5, 0.6) is 0 Å². The minimum Gasteiger partial charge on any atom is -0.386 e. The fraction of sp³-hybridized carbons (Fsp3) is 0.273. The quantitative estimate of drug-likeness (QED) is 0.839. The first kappa shape index (κ1) is 13.6. The number of anilines is 2. The van der Waals surface area contributed by atoms with Crippen LogP contribution in [0.4, 0.5) is 16.0 Å². The first-order chi connectivity index (χ1) is 8.86. The van der Waals surface area contributed by atoms with Gasteiger partial charge in [-0.1, -0.05) is 0 Å². The number of aliphatic hydroxyl groups is 1. The summed E-state index contributed by atoms with van der Waals surface area (Å²) in [6, 6.07) is 1.14. The highest BCUT2D eigenvalue weighted by molar-refractivity contribution is 6.28. The zero-order valence-corrected chi connectivity index (χ0v) is 11.0. The second-order valence-electron chi connectivity index (χ2n) is 4.31. The Morgan fingerprint density at radius 2 is 2.05 bits per heavy atom. The van der Waals surface area contributed by atoms with Crippen molar-refractivity contribution in [1.82, 2.24) is 19.9 Å². The number of halogens is 2. The van der Waals surface area contributed by atoms with E-state index in [1.54, 1.807) is 0 Å². The predicted octanol–water partition coefficient (Wildman–Crippen LogP) is 2.03. The van der Waals surface area contributed by atoms with E-state index in [2.05, 4.69) is 25.3 Å². The smallest absolute Gasteiger partial charge is 0.231 e. The summed E-state index contributed by atoms with van der Waals surface area (Å²) in [6.07, 6.45) is 2.48. The molecule has 0 aliphatic heterocycles. The Morgan fingerprint density at radius 3 is 2.68 bits per heavy atom. The number of rotatable bonds is 3. The zero-order valence-electron chi connectivity index (χ0n) is 10.2. The van der Waals surface area contributed by atoms with E-state index >= 15 is 0 Å². The van der Waals surface area contributed by atoms with E-state index in [9.17, 15) is 9.50 Å². The van der Waals surface area contributed by atoms with Crippen molar-refractivity contribution >= 4 is 23.2 Å². The van der Waals surface area contributed by atoms with Crippen LogP contribution in [-0.4, -0.2) is 25.0 Å². The van der Waals surface area contributed by atoms with E-state index in [-0.39, 0.29) is 11.2 Å². The lowest BCUT2D eigenvalue weighted by molar-refractivity contribution is 0.0788. The Hall–Kier alpha value is -1.86. The van der Waals surface area contributed by atoms with Gasteiger partial charge in [0.05, 0.1) is 17.5 Å². The van der Waals surface area contributed by atoms with Crippen molar-refractivity contribution in [1.29, 1.82) is 0 Å². The topological polar surface area (TPSA) is 83.8 Å². The van der Waals surface area contributed by atoms with Crippen molar-refractivity contribution < 1.29 is 9.50 Å². The molecule has 2 aromatic heterocycles. The number of aromatic nitrogens is 4. The van der Waals surface area contributed by atoms with Gasteiger partial charge in [-0.25, -0.2) is 15.0 Å². The van der Waals surface area contributed by atoms with Gasteiger partial charge in [0.25, 0.3) is 0 Å². The van der Waals surface area contributed by atoms with Gasteiger partial charge in [-0.05, 0) is 25.4 Å². The third kappa shape index (κ3) is 3.33. The van der Waals surface area contributed by atoms with Crippen molar-refractivity contribution in [2.24, 2.45) is 0 Å². The van der Waals surface area contributed by atoms with E-state index in [0.29, 0.717) is 11.3 Å². The van der Waals surface area contributed by atoms with Crippen molar-refractivity contribution in [2.75, 3.05) is 5.32 Å². The third-order valence-electron chi connectivity index (χ3n) is 2.32. The lowest BCUT2D eigenvalue weighted by Gasteiger charge is -2.21. The van der Waals surface area contributed by atoms with Gasteiger partial charge >= 0.3 is 0 Å². The number of pyridine rings is 1. The SMILES string of the molecule is CC(C)(O)c1cc(F)ncc1Nc1ncnc(Cl)n1. The summed E-state index contributed by atoms with van der Waals surface area (Å²) in [4.78, 5) is 14.9. The van der Waals surface area contributed by atoms with Crippen molar-refractivity contribution in [3.63, 3.8) is 0 Å². The number of hydrogen-bond donors (Lipinski definition) is 2. The van der Waals surface area contributed by atoms with E-state index in [1.165, 1.54) is 26.4 Å². The molecule has 0 bridgehead atoms. The fourth-order valence-electron chi connectivity index (χ4n) is 1.49. The average Bonchev–Trinajstić information content (AvgIpc) is 2.30. The van der Waals surface area contributed by atoms with Gasteiger partial charge in [-0.15, -0.1) is 0 Å². The Morgan fingerprint density at radius 1 is 1.32 bits per heavy atom. The molecule has 0 fully saturated rings. The molecule has 0 aliphatic rings. The summed E-state index contributed by atoms with van der Waals surface area (Å²) in [5.74, 6) is -0.504. The summed E-state index contributed by atoms with van der Waals surface area (Å²) in [5.41, 5.74) is -0.532. The molecule has 0 aromatic carbocycles. The van der Waals surface area contributed by atoms with Gasteiger partial charge in [0, 0.05) is 11.6 Å². The first-order valence-corrected chi connectivity index (χ1v) is 5.74. The van der Waals surface area contributed by atoms with Crippen molar-refractivity contribution in [2.45, 2.75) is 19.4 Å². The van der Waals surface area contributed by atoms with E-state index in [4.69, 9.17) is 11.6 Å². The molecule has 2 rings (SSSR count). The minimum absolute atomic E-state index is 0.0254. The summed E-state index contributed by atoms with van der Waals surface area (Å²) in [7, 11) is 0. The van der Waals surface area contributed by atoms with Crippen LogP contribution in [0.1, 0.15) is 19.4 Å². The van der Waals surface area contributed by atoms with Gasteiger partial charge in [0.2, 0.25) is 17.2 Å². The number of nitrogens with zero attached hydrogens (tertiary/aromatic N) is 4. The summed E-state index contributed by atoms with van der Waals surface area (Å²) >= 11 is 5.64. The molecule has 8 heteroatoms. The molecule has 0 saturated heterocycles. The highest BCUT2D eigenvalue weighted by Gasteiger charge is 2.22. The van der Waals surface area contributed by atoms with Crippen LogP contribution >= 0.6 is 11.6 Å². The van der Waals surface area contributed by atoms with Gasteiger partial charge in [0.1, 0.15) is 6.33 Å². The third-order valence-corrected chi connectivity index (χ3v) is 2.50. The Kier molecular flexibility index (Phi) is 3.59. The monoisotopic (exact) mass is 283 g/mol. The van der Waals surface area contributed by atoms with E-state index in [0.717, 1.165) is 6.07 Å². The Balaban J connectivity index is 2.40. The maximum atomic E-state index is 13.2. The molecule has 6 nitrogen and oxygen atoms in total. The molecule has 0 amide bonds. The second kappa shape index (κ2) is 5.02. The van der Waals surface area contributed by atoms with Gasteiger partial charge < -0.3 is 10.4 Å². The van der Waals surface area contributed by atoms with Crippen LogP contribution in [0.2, 0.25) is 5.28 Å². The largest absolute Gasteiger partial charge is 0.386 e. The number of hydrogen-bond acceptors (Lipinski definition) is 6. The molecule has 0 aliphatic carbocycles. The highest BCUT2D eigenvalue weighted by atomic mass is 35.5. The van der Waals surface area contributed by atoms with E-state index < -0.39 is 11.5 Å². The van der Waals surface area contributed by atoms with Crippen molar-refractivity contribution in [3.05, 3.63) is 35.4 Å². The molecular formula is C11H11ClFN5O. The summed E-state index contributed by atoms with van der Waals surface area (Å²) < 4.78 is 13.2. The molecular weight excluding hydrogens is 273 g/mol. The average molecular weight is 284 g/mol. The maximum absolute atomic E-state index is 13.2. The van der Waals surface area contributed by atoms with Gasteiger partial charge in [0.15, 0.2) is 0 Å². The van der Waals surface area contributed by atoms with Crippen LogP contribution in [0.3, 0.4) is 0 Å². The standard InChI is InChI=1S/C11H11ClFN5O/c1-11(2,19)6-3-8(13)14-4-7(6)17-10-16-5-15-9(12)18-10/h3-5,19H,1-2H3,(H,15,16,17,18). The molecule has 0 unspecified atom stereocenters. The van der Waals surface area contributed by atoms with Crippen LogP contribution in [-0.2, 0) is 5.60 Å². The molecule has 2 aromatic rings. The fourth-order valence-corrected chi connectivity index (χ4v) is 1.62. The van der Waals surface area contributed by atoms with Crippen LogP contribution in [0.25, 0.3) is 0 Å². The van der Waals surface area contributed by atoms with Crippen LogP contribution in [0.15, 0.2) is 18.6 Å². The molecule has 0 atom stereocenters. The minimum atomic E-state index is -1.25. The lowest BCUT2D eigenvalue weighted by atomic mass is 9.98. The molecule has 0 saturated carbocycles. The van der Waals surface area contributed by atoms with Gasteiger partial charge in [-0.3, -0.25) is 0 Å². The van der Waals surface area contributed by atoms with Crippen molar-refractivity contribution in [3.8, 4) is 0 Å². The van der Waals surface area contributed by atoms with Gasteiger partial charge in [-0.2, -0.15) is 9.37 Å². The summed E-state index contributed by atoms with van der Waals surface area (Å²) in [5, 5.41) is 12.8. The Labute approximate surface area is 113 Å². The molecule has 0 spiro atoms. The van der Waals surface area contributed by atoms with Crippen LogP contribution in [0, 0.1) is 5.95 Å². The molecule has 19 heavy (non-hydrogen) atoms. The highest BCUT2D eigenvalue weighted by Crippen LogP contribution is 2.28. The zero-order chi connectivity index (χ0) is 14.0. The normalized spacial score (nSPS) is 11.4. The predicted molar refractivity (Wildman–Crippen MR) is 67.6 cm³/mol. The maximum Gasteiger partial charge on any atom is 0.231 e. The van der Waals surface area contributed by atoms with Crippen LogP contribution < -0.4 is 5.32 Å². The summed E-state index contributed by atoms with van der Waals surface area (Å²) in [6.45, 7) is 3.07. The lowest BCUT2D eigenvalue weighted by Crippen LogP contribution is -2.18. The molecule has 2 N–H and O–H groups in total. The molecule has 100 valence electrons. The first-order valence-electron chi connectivity index (χ1n) is 5.36. The second-order valence-corrected chi connectivity index (χ2v) is 4.65. The molecule has 2 heterocycles. The van der Waals surface area contributed by atoms with E-state index in [1.807, 2.05) is 0 Å². The molecule has 0 radical (unpaired) electrons.